The van der Waals surface area contributed by atoms with E-state index in [0.29, 0.717) is 6.04 Å². The second-order valence-corrected chi connectivity index (χ2v) is 6.05. The molecule has 0 spiro atoms. The minimum atomic E-state index is 0.391. The average molecular weight is 253 g/mol. The summed E-state index contributed by atoms with van der Waals surface area (Å²) < 4.78 is 0. The molecule has 1 aromatic rings. The van der Waals surface area contributed by atoms with E-state index >= 15 is 0 Å². The Balaban J connectivity index is 1.69. The zero-order valence-electron chi connectivity index (χ0n) is 10.6. The van der Waals surface area contributed by atoms with Gasteiger partial charge in [0.25, 0.3) is 0 Å². The van der Waals surface area contributed by atoms with E-state index in [0.717, 1.165) is 24.9 Å². The van der Waals surface area contributed by atoms with Gasteiger partial charge in [-0.2, -0.15) is 0 Å². The fourth-order valence-corrected chi connectivity index (χ4v) is 3.22. The molecule has 1 aliphatic carbocycles. The van der Waals surface area contributed by atoms with Crippen LogP contribution in [0.4, 0.5) is 0 Å². The van der Waals surface area contributed by atoms with Crippen LogP contribution in [0.15, 0.2) is 11.6 Å². The average Bonchev–Trinajstić information content (AvgIpc) is 2.90. The first-order valence-corrected chi connectivity index (χ1v) is 7.50. The quantitative estimate of drug-likeness (QED) is 0.848. The Morgan fingerprint density at radius 3 is 2.71 bits per heavy atom. The highest BCUT2D eigenvalue weighted by molar-refractivity contribution is 7.09. The fraction of sp³-hybridized carbons (Fsp3) is 0.769. The molecule has 1 aliphatic rings. The van der Waals surface area contributed by atoms with Crippen LogP contribution in [0.3, 0.4) is 0 Å². The molecule has 3 N–H and O–H groups in total. The van der Waals surface area contributed by atoms with Crippen molar-refractivity contribution in [2.45, 2.75) is 38.6 Å². The predicted molar refractivity (Wildman–Crippen MR) is 73.0 cm³/mol. The third-order valence-corrected chi connectivity index (χ3v) is 4.79. The molecule has 17 heavy (non-hydrogen) atoms. The first-order valence-electron chi connectivity index (χ1n) is 6.62. The number of rotatable bonds is 5. The Morgan fingerprint density at radius 2 is 2.12 bits per heavy atom. The topological polar surface area (TPSA) is 50.9 Å². The molecule has 4 heteroatoms. The van der Waals surface area contributed by atoms with E-state index in [4.69, 9.17) is 5.73 Å². The summed E-state index contributed by atoms with van der Waals surface area (Å²) in [5.41, 5.74) is 5.71. The molecule has 3 nitrogen and oxygen atoms in total. The number of aromatic nitrogens is 1. The van der Waals surface area contributed by atoms with Gasteiger partial charge in [0, 0.05) is 11.6 Å². The van der Waals surface area contributed by atoms with E-state index in [1.54, 1.807) is 11.3 Å². The molecular weight excluding hydrogens is 230 g/mol. The molecule has 0 radical (unpaired) electrons. The van der Waals surface area contributed by atoms with Gasteiger partial charge in [0.1, 0.15) is 5.01 Å². The molecule has 0 bridgehead atoms. The van der Waals surface area contributed by atoms with Crippen molar-refractivity contribution < 1.29 is 0 Å². The highest BCUT2D eigenvalue weighted by Gasteiger charge is 2.20. The molecule has 1 unspecified atom stereocenters. The van der Waals surface area contributed by atoms with Gasteiger partial charge in [-0.25, -0.2) is 4.98 Å². The maximum Gasteiger partial charge on any atom is 0.109 e. The smallest absolute Gasteiger partial charge is 0.109 e. The fourth-order valence-electron chi connectivity index (χ4n) is 2.55. The van der Waals surface area contributed by atoms with Crippen LogP contribution >= 0.6 is 11.3 Å². The van der Waals surface area contributed by atoms with E-state index in [2.05, 4.69) is 17.2 Å². The molecular formula is C13H23N3S. The predicted octanol–water partition coefficient (Wildman–Crippen LogP) is 2.56. The Hall–Kier alpha value is -0.450. The second kappa shape index (κ2) is 6.47. The SMILES string of the molecule is CC(NCC1CCC(CN)CC1)c1nccs1. The van der Waals surface area contributed by atoms with Crippen molar-refractivity contribution in [3.8, 4) is 0 Å². The van der Waals surface area contributed by atoms with E-state index in [9.17, 15) is 0 Å². The molecule has 0 saturated heterocycles. The number of nitrogens with two attached hydrogens (primary N) is 1. The zero-order chi connectivity index (χ0) is 12.1. The van der Waals surface area contributed by atoms with E-state index in [1.807, 2.05) is 11.6 Å². The van der Waals surface area contributed by atoms with Crippen LogP contribution in [-0.4, -0.2) is 18.1 Å². The summed E-state index contributed by atoms with van der Waals surface area (Å²) in [5, 5.41) is 6.84. The Morgan fingerprint density at radius 1 is 1.41 bits per heavy atom. The van der Waals surface area contributed by atoms with Gasteiger partial charge in [-0.05, 0) is 57.5 Å². The van der Waals surface area contributed by atoms with Crippen LogP contribution in [0, 0.1) is 11.8 Å². The van der Waals surface area contributed by atoms with E-state index in [-0.39, 0.29) is 0 Å². The summed E-state index contributed by atoms with van der Waals surface area (Å²) in [7, 11) is 0. The molecule has 0 amide bonds. The molecule has 0 aromatic carbocycles. The maximum atomic E-state index is 5.71. The Labute approximate surface area is 108 Å². The van der Waals surface area contributed by atoms with Crippen molar-refractivity contribution >= 4 is 11.3 Å². The van der Waals surface area contributed by atoms with Gasteiger partial charge in [0.05, 0.1) is 6.04 Å². The first-order chi connectivity index (χ1) is 8.29. The van der Waals surface area contributed by atoms with Crippen LogP contribution in [0.5, 0.6) is 0 Å². The largest absolute Gasteiger partial charge is 0.330 e. The lowest BCUT2D eigenvalue weighted by molar-refractivity contribution is 0.267. The van der Waals surface area contributed by atoms with E-state index in [1.165, 1.54) is 30.7 Å². The van der Waals surface area contributed by atoms with Gasteiger partial charge in [-0.3, -0.25) is 0 Å². The van der Waals surface area contributed by atoms with Crippen LogP contribution < -0.4 is 11.1 Å². The third-order valence-electron chi connectivity index (χ3n) is 3.83. The maximum absolute atomic E-state index is 5.71. The summed E-state index contributed by atoms with van der Waals surface area (Å²) in [5.74, 6) is 1.61. The molecule has 2 rings (SSSR count). The van der Waals surface area contributed by atoms with Crippen molar-refractivity contribution in [1.82, 2.24) is 10.3 Å². The van der Waals surface area contributed by atoms with Crippen LogP contribution in [-0.2, 0) is 0 Å². The molecule has 1 aromatic heterocycles. The standard InChI is InChI=1S/C13H23N3S/c1-10(13-15-6-7-17-13)16-9-12-4-2-11(8-14)3-5-12/h6-7,10-12,16H,2-5,8-9,14H2,1H3. The van der Waals surface area contributed by atoms with Crippen LogP contribution in [0.1, 0.15) is 43.7 Å². The Kier molecular flexibility index (Phi) is 4.95. The molecule has 1 saturated carbocycles. The molecule has 1 heterocycles. The van der Waals surface area contributed by atoms with Crippen molar-refractivity contribution in [1.29, 1.82) is 0 Å². The third kappa shape index (κ3) is 3.76. The lowest BCUT2D eigenvalue weighted by Gasteiger charge is -2.28. The Bertz CT molecular complexity index is 304. The van der Waals surface area contributed by atoms with Crippen LogP contribution in [0.25, 0.3) is 0 Å². The minimum absolute atomic E-state index is 0.391. The van der Waals surface area contributed by atoms with Gasteiger partial charge in [-0.15, -0.1) is 11.3 Å². The number of hydrogen-bond donors (Lipinski definition) is 2. The first kappa shape index (κ1) is 13.0. The van der Waals surface area contributed by atoms with Gasteiger partial charge < -0.3 is 11.1 Å². The number of nitrogens with zero attached hydrogens (tertiary/aromatic N) is 1. The summed E-state index contributed by atoms with van der Waals surface area (Å²) in [6, 6.07) is 0.391. The van der Waals surface area contributed by atoms with Crippen LogP contribution in [0.2, 0.25) is 0 Å². The second-order valence-electron chi connectivity index (χ2n) is 5.12. The van der Waals surface area contributed by atoms with Gasteiger partial charge in [-0.1, -0.05) is 0 Å². The van der Waals surface area contributed by atoms with Crippen molar-refractivity contribution in [2.75, 3.05) is 13.1 Å². The van der Waals surface area contributed by atoms with Gasteiger partial charge >= 0.3 is 0 Å². The number of nitrogens with one attached hydrogen (secondary N) is 1. The molecule has 0 aliphatic heterocycles. The zero-order valence-corrected chi connectivity index (χ0v) is 11.4. The monoisotopic (exact) mass is 253 g/mol. The molecule has 1 atom stereocenters. The van der Waals surface area contributed by atoms with Gasteiger partial charge in [0.15, 0.2) is 0 Å². The highest BCUT2D eigenvalue weighted by atomic mass is 32.1. The summed E-state index contributed by atoms with van der Waals surface area (Å²) >= 11 is 1.73. The van der Waals surface area contributed by atoms with Crippen molar-refractivity contribution in [2.24, 2.45) is 17.6 Å². The van der Waals surface area contributed by atoms with Crippen molar-refractivity contribution in [3.05, 3.63) is 16.6 Å². The normalized spacial score (nSPS) is 26.9. The van der Waals surface area contributed by atoms with Gasteiger partial charge in [0.2, 0.25) is 0 Å². The van der Waals surface area contributed by atoms with Crippen molar-refractivity contribution in [3.63, 3.8) is 0 Å². The number of hydrogen-bond acceptors (Lipinski definition) is 4. The number of thiazole rings is 1. The molecule has 96 valence electrons. The molecule has 1 fully saturated rings. The lowest BCUT2D eigenvalue weighted by Crippen LogP contribution is -2.30. The summed E-state index contributed by atoms with van der Waals surface area (Å²) in [4.78, 5) is 4.34. The lowest BCUT2D eigenvalue weighted by atomic mass is 9.82. The summed E-state index contributed by atoms with van der Waals surface area (Å²) in [6.45, 7) is 4.19. The van der Waals surface area contributed by atoms with E-state index < -0.39 is 0 Å². The minimum Gasteiger partial charge on any atom is -0.330 e. The highest BCUT2D eigenvalue weighted by Crippen LogP contribution is 2.28. The summed E-state index contributed by atoms with van der Waals surface area (Å²) in [6.07, 6.45) is 7.17.